The first-order chi connectivity index (χ1) is 14.4. The van der Waals surface area contributed by atoms with Gasteiger partial charge >= 0.3 is 5.97 Å². The minimum absolute atomic E-state index is 0.289. The van der Waals surface area contributed by atoms with E-state index in [1.54, 1.807) is 32.0 Å². The van der Waals surface area contributed by atoms with Gasteiger partial charge in [0.2, 0.25) is 6.41 Å². The molecule has 1 aliphatic rings. The third kappa shape index (κ3) is 5.17. The van der Waals surface area contributed by atoms with Crippen LogP contribution in [-0.2, 0) is 19.1 Å². The molecular weight excluding hydrogens is 427 g/mol. The molecule has 2 N–H and O–H groups in total. The summed E-state index contributed by atoms with van der Waals surface area (Å²) in [5.74, 6) is -0.711. The fraction of sp³-hybridized carbons (Fsp3) is 0.455. The molecule has 1 aromatic rings. The van der Waals surface area contributed by atoms with E-state index in [4.69, 9.17) is 38.4 Å². The van der Waals surface area contributed by atoms with Crippen LogP contribution in [0.5, 0.6) is 0 Å². The van der Waals surface area contributed by atoms with Gasteiger partial charge in [0.1, 0.15) is 5.76 Å². The molecule has 0 aromatic heterocycles. The third-order valence-electron chi connectivity index (χ3n) is 5.18. The molecule has 0 saturated carbocycles. The first kappa shape index (κ1) is 24.3. The van der Waals surface area contributed by atoms with Crippen molar-refractivity contribution < 1.29 is 19.1 Å². The van der Waals surface area contributed by atoms with Crippen molar-refractivity contribution in [2.24, 2.45) is 5.73 Å². The fourth-order valence-corrected chi connectivity index (χ4v) is 4.01. The van der Waals surface area contributed by atoms with Crippen LogP contribution in [0.3, 0.4) is 0 Å². The van der Waals surface area contributed by atoms with Crippen molar-refractivity contribution in [2.75, 3.05) is 20.3 Å². The summed E-state index contributed by atoms with van der Waals surface area (Å²) in [7, 11) is 1.30. The summed E-state index contributed by atoms with van der Waals surface area (Å²) in [6.07, 6.45) is 4.45. The Hall–Kier alpha value is -2.02. The van der Waals surface area contributed by atoms with Gasteiger partial charge in [0.15, 0.2) is 0 Å². The summed E-state index contributed by atoms with van der Waals surface area (Å²) in [5, 5.41) is 0.697. The highest BCUT2D eigenvalue weighted by Crippen LogP contribution is 2.45. The van der Waals surface area contributed by atoms with Crippen molar-refractivity contribution in [1.29, 1.82) is 0 Å². The second-order valence-corrected chi connectivity index (χ2v) is 7.83. The first-order valence-corrected chi connectivity index (χ1v) is 10.7. The maximum absolute atomic E-state index is 12.7. The van der Waals surface area contributed by atoms with Crippen molar-refractivity contribution in [3.63, 3.8) is 0 Å². The number of nitrogens with zero attached hydrogens (tertiary/aromatic N) is 1. The zero-order valence-corrected chi connectivity index (χ0v) is 19.1. The van der Waals surface area contributed by atoms with Crippen LogP contribution in [0.1, 0.15) is 51.0 Å². The number of rotatable bonds is 10. The molecule has 0 bridgehead atoms. The van der Waals surface area contributed by atoms with Gasteiger partial charge in [-0.15, -0.1) is 0 Å². The third-order valence-corrected chi connectivity index (χ3v) is 6.01. The quantitative estimate of drug-likeness (QED) is 0.313. The van der Waals surface area contributed by atoms with Crippen LogP contribution in [0, 0.1) is 0 Å². The van der Waals surface area contributed by atoms with Gasteiger partial charge in [-0.1, -0.05) is 48.2 Å². The Bertz CT molecular complexity index is 852. The fourth-order valence-electron chi connectivity index (χ4n) is 3.59. The lowest BCUT2D eigenvalue weighted by Gasteiger charge is -2.35. The molecule has 164 valence electrons. The van der Waals surface area contributed by atoms with E-state index in [9.17, 15) is 9.59 Å². The Balaban J connectivity index is 2.50. The van der Waals surface area contributed by atoms with Crippen LogP contribution >= 0.6 is 23.2 Å². The molecule has 8 heteroatoms. The van der Waals surface area contributed by atoms with Crippen LogP contribution in [-0.4, -0.2) is 37.5 Å². The lowest BCUT2D eigenvalue weighted by Crippen LogP contribution is -2.32. The molecule has 1 aliphatic heterocycles. The molecular formula is C22H28Cl2N2O4. The van der Waals surface area contributed by atoms with Crippen molar-refractivity contribution in [3.05, 3.63) is 56.5 Å². The Morgan fingerprint density at radius 1 is 1.17 bits per heavy atom. The minimum atomic E-state index is -0.635. The summed E-state index contributed by atoms with van der Waals surface area (Å²) >= 11 is 12.8. The molecule has 1 atom stereocenters. The van der Waals surface area contributed by atoms with Crippen molar-refractivity contribution in [2.45, 2.75) is 45.4 Å². The Morgan fingerprint density at radius 3 is 2.50 bits per heavy atom. The summed E-state index contributed by atoms with van der Waals surface area (Å²) in [4.78, 5) is 25.9. The number of esters is 1. The van der Waals surface area contributed by atoms with E-state index < -0.39 is 11.9 Å². The number of unbranched alkanes of at least 4 members (excludes halogenated alkanes) is 3. The van der Waals surface area contributed by atoms with Crippen LogP contribution in [0.15, 0.2) is 40.9 Å². The van der Waals surface area contributed by atoms with Crippen molar-refractivity contribution >= 4 is 35.6 Å². The van der Waals surface area contributed by atoms with Crippen LogP contribution in [0.4, 0.5) is 0 Å². The van der Waals surface area contributed by atoms with E-state index in [-0.39, 0.29) is 5.57 Å². The van der Waals surface area contributed by atoms with Gasteiger partial charge in [0.05, 0.1) is 40.9 Å². The normalized spacial score (nSPS) is 16.7. The van der Waals surface area contributed by atoms with E-state index in [2.05, 4.69) is 0 Å². The molecule has 0 radical (unpaired) electrons. The predicted octanol–water partition coefficient (Wildman–Crippen LogP) is 4.76. The number of nitrogens with two attached hydrogens (primary N) is 1. The number of benzene rings is 1. The molecule has 1 aromatic carbocycles. The monoisotopic (exact) mass is 454 g/mol. The SMILES string of the molecule is COC(=O)C1=C(C)N(C=O)C(C)=C(OCCCCCCN)C1c1cccc(Cl)c1Cl. The van der Waals surface area contributed by atoms with Gasteiger partial charge in [-0.2, -0.15) is 0 Å². The average Bonchev–Trinajstić information content (AvgIpc) is 2.73. The van der Waals surface area contributed by atoms with Gasteiger partial charge in [-0.3, -0.25) is 9.69 Å². The maximum atomic E-state index is 12.7. The standard InChI is InChI=1S/C22H28Cl2N2O4/c1-14-18(22(28)29-3)19(16-9-8-10-17(23)20(16)24)21(15(2)26(14)13-27)30-12-7-5-4-6-11-25/h8-10,13,19H,4-7,11-12,25H2,1-3H3. The number of hydrogen-bond acceptors (Lipinski definition) is 5. The number of allylic oxidation sites excluding steroid dienone is 3. The van der Waals surface area contributed by atoms with Gasteiger partial charge < -0.3 is 15.2 Å². The highest BCUT2D eigenvalue weighted by atomic mass is 35.5. The largest absolute Gasteiger partial charge is 0.495 e. The van der Waals surface area contributed by atoms with E-state index >= 15 is 0 Å². The summed E-state index contributed by atoms with van der Waals surface area (Å²) in [5.41, 5.74) is 7.50. The Morgan fingerprint density at radius 2 is 1.87 bits per heavy atom. The second kappa shape index (κ2) is 11.4. The lowest BCUT2D eigenvalue weighted by atomic mass is 9.84. The van der Waals surface area contributed by atoms with Crippen molar-refractivity contribution in [3.8, 4) is 0 Å². The molecule has 6 nitrogen and oxygen atoms in total. The number of ether oxygens (including phenoxy) is 2. The molecule has 0 fully saturated rings. The second-order valence-electron chi connectivity index (χ2n) is 7.04. The maximum Gasteiger partial charge on any atom is 0.336 e. The number of methoxy groups -OCH3 is 1. The zero-order valence-electron chi connectivity index (χ0n) is 17.5. The topological polar surface area (TPSA) is 81.9 Å². The van der Waals surface area contributed by atoms with Crippen molar-refractivity contribution in [1.82, 2.24) is 4.90 Å². The van der Waals surface area contributed by atoms with Crippen LogP contribution in [0.25, 0.3) is 0 Å². The van der Waals surface area contributed by atoms with E-state index in [0.717, 1.165) is 25.7 Å². The van der Waals surface area contributed by atoms with Gasteiger partial charge in [-0.05, 0) is 44.9 Å². The van der Waals surface area contributed by atoms with Crippen LogP contribution in [0.2, 0.25) is 10.0 Å². The molecule has 30 heavy (non-hydrogen) atoms. The predicted molar refractivity (Wildman–Crippen MR) is 118 cm³/mol. The summed E-state index contributed by atoms with van der Waals surface area (Å²) in [6.45, 7) is 4.58. The number of carbonyl (C=O) groups is 2. The lowest BCUT2D eigenvalue weighted by molar-refractivity contribution is -0.136. The number of halogens is 2. The van der Waals surface area contributed by atoms with Gasteiger partial charge in [0, 0.05) is 5.70 Å². The number of hydrogen-bond donors (Lipinski definition) is 1. The average molecular weight is 455 g/mol. The highest BCUT2D eigenvalue weighted by molar-refractivity contribution is 6.42. The molecule has 0 spiro atoms. The number of carbonyl (C=O) groups excluding carboxylic acids is 2. The molecule has 2 rings (SSSR count). The highest BCUT2D eigenvalue weighted by Gasteiger charge is 2.39. The zero-order chi connectivity index (χ0) is 22.3. The smallest absolute Gasteiger partial charge is 0.336 e. The summed E-state index contributed by atoms with van der Waals surface area (Å²) < 4.78 is 11.2. The molecule has 1 heterocycles. The Labute approximate surface area is 187 Å². The summed E-state index contributed by atoms with van der Waals surface area (Å²) in [6, 6.07) is 5.24. The van der Waals surface area contributed by atoms with E-state index in [1.807, 2.05) is 0 Å². The molecule has 1 unspecified atom stereocenters. The Kier molecular flexibility index (Phi) is 9.21. The van der Waals surface area contributed by atoms with Gasteiger partial charge in [0.25, 0.3) is 0 Å². The van der Waals surface area contributed by atoms with E-state index in [1.165, 1.54) is 12.0 Å². The van der Waals surface area contributed by atoms with Gasteiger partial charge in [-0.25, -0.2) is 4.79 Å². The van der Waals surface area contributed by atoms with E-state index in [0.29, 0.717) is 52.3 Å². The first-order valence-electron chi connectivity index (χ1n) is 9.90. The number of amides is 1. The molecule has 0 aliphatic carbocycles. The molecule has 0 saturated heterocycles. The molecule has 1 amide bonds. The minimum Gasteiger partial charge on any atom is -0.495 e. The van der Waals surface area contributed by atoms with Crippen LogP contribution < -0.4 is 5.73 Å².